The van der Waals surface area contributed by atoms with E-state index >= 15 is 0 Å². The van der Waals surface area contributed by atoms with Crippen LogP contribution in [0.25, 0.3) is 5.82 Å². The Morgan fingerprint density at radius 2 is 1.87 bits per heavy atom. The summed E-state index contributed by atoms with van der Waals surface area (Å²) in [5, 5.41) is 4.60. The van der Waals surface area contributed by atoms with E-state index in [9.17, 15) is 4.79 Å². The van der Waals surface area contributed by atoms with Gasteiger partial charge in [0.05, 0.1) is 12.2 Å². The third kappa shape index (κ3) is 5.05. The molecule has 160 valence electrons. The molecule has 0 radical (unpaired) electrons. The first-order chi connectivity index (χ1) is 15.2. The number of pyridine rings is 1. The fourth-order valence-corrected chi connectivity index (χ4v) is 4.62. The van der Waals surface area contributed by atoms with Crippen molar-refractivity contribution in [3.05, 3.63) is 65.4 Å². The second kappa shape index (κ2) is 8.93. The molecule has 1 aromatic carbocycles. The number of nitrogens with one attached hydrogen (secondary N) is 1. The molecule has 0 unspecified atom stereocenters. The molecular weight excluding hydrogens is 432 g/mol. The molecule has 2 saturated carbocycles. The largest absolute Gasteiger partial charge is 0.476 e. The smallest absolute Gasteiger partial charge is 0.264 e. The third-order valence-electron chi connectivity index (χ3n) is 5.76. The number of amides is 1. The SMILES string of the molecule is O=C(NSc1ccccc1)c1ccc(-n2ccc(OCC(C3CC3)C3CC3)n2)nc1Cl. The summed E-state index contributed by atoms with van der Waals surface area (Å²) in [6.07, 6.45) is 7.15. The second-order valence-electron chi connectivity index (χ2n) is 8.10. The quantitative estimate of drug-likeness (QED) is 0.356. The maximum atomic E-state index is 12.5. The maximum absolute atomic E-state index is 12.5. The fourth-order valence-electron chi connectivity index (χ4n) is 3.77. The van der Waals surface area contributed by atoms with E-state index in [0.717, 1.165) is 23.3 Å². The van der Waals surface area contributed by atoms with Crippen molar-refractivity contribution < 1.29 is 9.53 Å². The number of benzene rings is 1. The summed E-state index contributed by atoms with van der Waals surface area (Å²) in [5.74, 6) is 3.18. The normalized spacial score (nSPS) is 15.8. The van der Waals surface area contributed by atoms with Gasteiger partial charge in [-0.15, -0.1) is 5.10 Å². The lowest BCUT2D eigenvalue weighted by molar-refractivity contribution is 0.0984. The van der Waals surface area contributed by atoms with Gasteiger partial charge in [0.25, 0.3) is 5.91 Å². The molecule has 0 aliphatic heterocycles. The molecule has 0 atom stereocenters. The first kappa shape index (κ1) is 20.4. The Morgan fingerprint density at radius 3 is 2.55 bits per heavy atom. The van der Waals surface area contributed by atoms with E-state index in [-0.39, 0.29) is 11.1 Å². The van der Waals surface area contributed by atoms with E-state index in [0.29, 0.717) is 23.2 Å². The molecule has 8 heteroatoms. The molecule has 0 saturated heterocycles. The molecule has 6 nitrogen and oxygen atoms in total. The molecule has 2 aliphatic rings. The number of carbonyl (C=O) groups is 1. The molecule has 2 aliphatic carbocycles. The predicted molar refractivity (Wildman–Crippen MR) is 121 cm³/mol. The van der Waals surface area contributed by atoms with E-state index in [2.05, 4.69) is 14.8 Å². The molecule has 2 heterocycles. The average molecular weight is 455 g/mol. The molecule has 31 heavy (non-hydrogen) atoms. The predicted octanol–water partition coefficient (Wildman–Crippen LogP) is 5.17. The van der Waals surface area contributed by atoms with E-state index in [1.807, 2.05) is 36.4 Å². The highest BCUT2D eigenvalue weighted by Gasteiger charge is 2.41. The number of ether oxygens (including phenoxy) is 1. The number of carbonyl (C=O) groups excluding carboxylic acids is 1. The second-order valence-corrected chi connectivity index (χ2v) is 9.34. The van der Waals surface area contributed by atoms with Crippen LogP contribution in [-0.4, -0.2) is 27.3 Å². The summed E-state index contributed by atoms with van der Waals surface area (Å²) in [5.41, 5.74) is 0.314. The van der Waals surface area contributed by atoms with Crippen molar-refractivity contribution in [1.29, 1.82) is 0 Å². The molecule has 0 bridgehead atoms. The standard InChI is InChI=1S/C23H23ClN4O2S/c24-22-18(23(29)27-31-17-4-2-1-3-5-17)10-11-20(25-22)28-13-12-21(26-28)30-14-19(15-6-7-15)16-8-9-16/h1-5,10-13,15-16,19H,6-9,14H2,(H,27,29). The van der Waals surface area contributed by atoms with Crippen LogP contribution in [0.4, 0.5) is 0 Å². The van der Waals surface area contributed by atoms with Crippen LogP contribution < -0.4 is 9.46 Å². The van der Waals surface area contributed by atoms with Gasteiger partial charge in [-0.05, 0) is 79.7 Å². The van der Waals surface area contributed by atoms with Crippen molar-refractivity contribution in [2.75, 3.05) is 6.61 Å². The Balaban J connectivity index is 1.21. The first-order valence-electron chi connectivity index (χ1n) is 10.5. The number of hydrogen-bond donors (Lipinski definition) is 1. The maximum Gasteiger partial charge on any atom is 0.264 e. The van der Waals surface area contributed by atoms with Crippen LogP contribution in [0.2, 0.25) is 5.15 Å². The minimum atomic E-state index is -0.298. The summed E-state index contributed by atoms with van der Waals surface area (Å²) in [6.45, 7) is 0.735. The molecule has 2 fully saturated rings. The highest BCUT2D eigenvalue weighted by Crippen LogP contribution is 2.49. The van der Waals surface area contributed by atoms with Crippen molar-refractivity contribution in [1.82, 2.24) is 19.5 Å². The van der Waals surface area contributed by atoms with Crippen molar-refractivity contribution in [2.45, 2.75) is 30.6 Å². The van der Waals surface area contributed by atoms with Crippen LogP contribution >= 0.6 is 23.5 Å². The Kier molecular flexibility index (Phi) is 5.87. The number of rotatable bonds is 9. The Labute approximate surface area is 190 Å². The number of halogens is 1. The van der Waals surface area contributed by atoms with E-state index < -0.39 is 0 Å². The first-order valence-corrected chi connectivity index (χ1v) is 11.7. The van der Waals surface area contributed by atoms with Crippen LogP contribution in [-0.2, 0) is 0 Å². The molecule has 2 aromatic heterocycles. The van der Waals surface area contributed by atoms with Crippen LogP contribution in [0, 0.1) is 17.8 Å². The van der Waals surface area contributed by atoms with Gasteiger partial charge in [-0.2, -0.15) is 0 Å². The van der Waals surface area contributed by atoms with Gasteiger partial charge in [-0.3, -0.25) is 9.52 Å². The minimum absolute atomic E-state index is 0.129. The van der Waals surface area contributed by atoms with Crippen molar-refractivity contribution in [3.63, 3.8) is 0 Å². The van der Waals surface area contributed by atoms with E-state index in [1.165, 1.54) is 37.6 Å². The van der Waals surface area contributed by atoms with Crippen LogP contribution in [0.3, 0.4) is 0 Å². The van der Waals surface area contributed by atoms with Gasteiger partial charge in [-0.1, -0.05) is 29.8 Å². The van der Waals surface area contributed by atoms with Gasteiger partial charge in [0, 0.05) is 17.2 Å². The van der Waals surface area contributed by atoms with Crippen LogP contribution in [0.1, 0.15) is 36.0 Å². The van der Waals surface area contributed by atoms with Gasteiger partial charge in [0.15, 0.2) is 5.82 Å². The summed E-state index contributed by atoms with van der Waals surface area (Å²) in [7, 11) is 0. The topological polar surface area (TPSA) is 69.0 Å². The van der Waals surface area contributed by atoms with Gasteiger partial charge in [0.2, 0.25) is 5.88 Å². The number of aromatic nitrogens is 3. The van der Waals surface area contributed by atoms with E-state index in [1.54, 1.807) is 23.0 Å². The molecule has 1 N–H and O–H groups in total. The zero-order valence-corrected chi connectivity index (χ0v) is 18.5. The highest BCUT2D eigenvalue weighted by molar-refractivity contribution is 7.98. The van der Waals surface area contributed by atoms with Crippen molar-refractivity contribution in [3.8, 4) is 11.7 Å². The fraction of sp³-hybridized carbons (Fsp3) is 0.348. The molecular formula is C23H23ClN4O2S. The van der Waals surface area contributed by atoms with Gasteiger partial charge < -0.3 is 4.74 Å². The molecule has 3 aromatic rings. The zero-order chi connectivity index (χ0) is 21.2. The zero-order valence-electron chi connectivity index (χ0n) is 16.9. The Bertz CT molecular complexity index is 1050. The Morgan fingerprint density at radius 1 is 1.13 bits per heavy atom. The van der Waals surface area contributed by atoms with E-state index in [4.69, 9.17) is 16.3 Å². The van der Waals surface area contributed by atoms with Crippen LogP contribution in [0.5, 0.6) is 5.88 Å². The lowest BCUT2D eigenvalue weighted by Crippen LogP contribution is -2.17. The third-order valence-corrected chi connectivity index (χ3v) is 6.84. The summed E-state index contributed by atoms with van der Waals surface area (Å²) >= 11 is 7.53. The molecule has 1 amide bonds. The summed E-state index contributed by atoms with van der Waals surface area (Å²) in [4.78, 5) is 17.7. The highest BCUT2D eigenvalue weighted by atomic mass is 35.5. The van der Waals surface area contributed by atoms with Crippen LogP contribution in [0.15, 0.2) is 59.6 Å². The summed E-state index contributed by atoms with van der Waals surface area (Å²) in [6, 6.07) is 14.8. The Hall–Kier alpha value is -2.51. The van der Waals surface area contributed by atoms with Crippen molar-refractivity contribution in [2.24, 2.45) is 17.8 Å². The van der Waals surface area contributed by atoms with Crippen molar-refractivity contribution >= 4 is 29.5 Å². The molecule has 5 rings (SSSR count). The lowest BCUT2D eigenvalue weighted by Gasteiger charge is -2.14. The van der Waals surface area contributed by atoms with Gasteiger partial charge in [0.1, 0.15) is 5.15 Å². The van der Waals surface area contributed by atoms with Gasteiger partial charge in [-0.25, -0.2) is 9.67 Å². The number of nitrogens with zero attached hydrogens (tertiary/aromatic N) is 3. The lowest BCUT2D eigenvalue weighted by atomic mass is 9.99. The summed E-state index contributed by atoms with van der Waals surface area (Å²) < 4.78 is 10.4. The molecule has 0 spiro atoms. The monoisotopic (exact) mass is 454 g/mol. The number of hydrogen-bond acceptors (Lipinski definition) is 5. The minimum Gasteiger partial charge on any atom is -0.476 e. The van der Waals surface area contributed by atoms with Gasteiger partial charge >= 0.3 is 0 Å². The average Bonchev–Trinajstić information content (AvgIpc) is 3.73.